The number of benzene rings is 1. The van der Waals surface area contributed by atoms with Crippen molar-refractivity contribution in [3.63, 3.8) is 0 Å². The van der Waals surface area contributed by atoms with E-state index in [1.54, 1.807) is 12.1 Å². The van der Waals surface area contributed by atoms with Crippen molar-refractivity contribution in [2.45, 2.75) is 63.3 Å². The maximum absolute atomic E-state index is 13.2. The molecule has 0 radical (unpaired) electrons. The van der Waals surface area contributed by atoms with E-state index in [-0.39, 0.29) is 10.8 Å². The van der Waals surface area contributed by atoms with Gasteiger partial charge >= 0.3 is 0 Å². The van der Waals surface area contributed by atoms with Crippen molar-refractivity contribution in [3.8, 4) is 0 Å². The molecular formula is C19H29ClN2O3S. The minimum absolute atomic E-state index is 0.183. The zero-order chi connectivity index (χ0) is 19.2. The average Bonchev–Trinajstić information content (AvgIpc) is 2.79. The van der Waals surface area contributed by atoms with Crippen molar-refractivity contribution >= 4 is 27.5 Å². The fraction of sp³-hybridized carbons (Fsp3) is 0.632. The van der Waals surface area contributed by atoms with Crippen LogP contribution in [0.2, 0.25) is 5.02 Å². The van der Waals surface area contributed by atoms with Gasteiger partial charge in [0.2, 0.25) is 15.9 Å². The fourth-order valence-electron chi connectivity index (χ4n) is 3.20. The number of carbonyl (C=O) groups is 1. The van der Waals surface area contributed by atoms with Gasteiger partial charge < -0.3 is 5.32 Å². The van der Waals surface area contributed by atoms with Crippen LogP contribution in [0, 0.1) is 5.92 Å². The Labute approximate surface area is 162 Å². The molecule has 1 N–H and O–H groups in total. The molecule has 1 atom stereocenters. The Morgan fingerprint density at radius 1 is 1.19 bits per heavy atom. The molecule has 0 aromatic heterocycles. The molecule has 1 heterocycles. The molecule has 26 heavy (non-hydrogen) atoms. The number of sulfonamides is 1. The van der Waals surface area contributed by atoms with Gasteiger partial charge in [0.15, 0.2) is 0 Å². The summed E-state index contributed by atoms with van der Waals surface area (Å²) in [5, 5.41) is 3.34. The van der Waals surface area contributed by atoms with Gasteiger partial charge in [0.1, 0.15) is 6.04 Å². The van der Waals surface area contributed by atoms with Gasteiger partial charge in [0, 0.05) is 18.1 Å². The topological polar surface area (TPSA) is 66.5 Å². The lowest BCUT2D eigenvalue weighted by atomic mass is 10.1. The van der Waals surface area contributed by atoms with E-state index in [1.807, 2.05) is 0 Å². The third-order valence-corrected chi connectivity index (χ3v) is 6.86. The molecule has 2 rings (SSSR count). The third-order valence-electron chi connectivity index (χ3n) is 4.68. The number of carbonyl (C=O) groups excluding carboxylic acids is 1. The normalized spacial score (nSPS) is 18.8. The summed E-state index contributed by atoms with van der Waals surface area (Å²) < 4.78 is 27.9. The van der Waals surface area contributed by atoms with Crippen LogP contribution < -0.4 is 5.32 Å². The number of unbranched alkanes of at least 4 members (excludes halogenated alkanes) is 1. The van der Waals surface area contributed by atoms with Crippen LogP contribution in [0.4, 0.5) is 0 Å². The second-order valence-corrected chi connectivity index (χ2v) is 9.59. The summed E-state index contributed by atoms with van der Waals surface area (Å²) in [5.74, 6) is 0.390. The van der Waals surface area contributed by atoms with Crippen LogP contribution in [0.3, 0.4) is 0 Å². The van der Waals surface area contributed by atoms with Crippen LogP contribution in [0.15, 0.2) is 29.2 Å². The van der Waals surface area contributed by atoms with Gasteiger partial charge in [-0.2, -0.15) is 4.31 Å². The van der Waals surface area contributed by atoms with E-state index >= 15 is 0 Å². The number of amides is 1. The van der Waals surface area contributed by atoms with Crippen LogP contribution >= 0.6 is 11.6 Å². The molecule has 0 spiro atoms. The maximum Gasteiger partial charge on any atom is 0.243 e. The SMILES string of the molecule is CC(C)CCCCN([C@@H]1CCCCNC1=O)S(=O)(=O)c1ccc(Cl)cc1. The van der Waals surface area contributed by atoms with E-state index in [1.165, 1.54) is 16.4 Å². The van der Waals surface area contributed by atoms with Crippen molar-refractivity contribution in [1.82, 2.24) is 9.62 Å². The molecule has 1 fully saturated rings. The predicted octanol–water partition coefficient (Wildman–Crippen LogP) is 3.83. The summed E-state index contributed by atoms with van der Waals surface area (Å²) in [7, 11) is -3.75. The summed E-state index contributed by atoms with van der Waals surface area (Å²) in [4.78, 5) is 12.7. The molecule has 1 aromatic carbocycles. The molecule has 1 amide bonds. The lowest BCUT2D eigenvalue weighted by molar-refractivity contribution is -0.124. The average molecular weight is 401 g/mol. The molecular weight excluding hydrogens is 372 g/mol. The van der Waals surface area contributed by atoms with E-state index in [2.05, 4.69) is 19.2 Å². The minimum atomic E-state index is -3.75. The van der Waals surface area contributed by atoms with Gasteiger partial charge in [-0.05, 0) is 55.9 Å². The number of halogens is 1. The van der Waals surface area contributed by atoms with Crippen LogP contribution in [0.5, 0.6) is 0 Å². The fourth-order valence-corrected chi connectivity index (χ4v) is 4.99. The first-order valence-corrected chi connectivity index (χ1v) is 11.2. The molecule has 0 bridgehead atoms. The number of nitrogens with one attached hydrogen (secondary N) is 1. The van der Waals surface area contributed by atoms with Gasteiger partial charge in [0.05, 0.1) is 4.90 Å². The summed E-state index contributed by atoms with van der Waals surface area (Å²) in [6, 6.07) is 5.51. The van der Waals surface area contributed by atoms with Gasteiger partial charge in [0.25, 0.3) is 0 Å². The summed E-state index contributed by atoms with van der Waals surface area (Å²) in [6.07, 6.45) is 5.01. The van der Waals surface area contributed by atoms with Gasteiger partial charge in [-0.1, -0.05) is 38.3 Å². The predicted molar refractivity (Wildman–Crippen MR) is 105 cm³/mol. The third kappa shape index (κ3) is 5.69. The van der Waals surface area contributed by atoms with Gasteiger partial charge in [-0.15, -0.1) is 0 Å². The number of hydrogen-bond donors (Lipinski definition) is 1. The molecule has 1 saturated heterocycles. The molecule has 0 unspecified atom stereocenters. The van der Waals surface area contributed by atoms with Crippen LogP contribution in [-0.2, 0) is 14.8 Å². The first-order chi connectivity index (χ1) is 12.3. The van der Waals surface area contributed by atoms with E-state index in [9.17, 15) is 13.2 Å². The smallest absolute Gasteiger partial charge is 0.243 e. The highest BCUT2D eigenvalue weighted by molar-refractivity contribution is 7.89. The summed E-state index contributed by atoms with van der Waals surface area (Å²) in [5.41, 5.74) is 0. The Morgan fingerprint density at radius 3 is 2.54 bits per heavy atom. The second kappa shape index (κ2) is 9.72. The number of rotatable bonds is 8. The Kier molecular flexibility index (Phi) is 7.92. The molecule has 0 saturated carbocycles. The van der Waals surface area contributed by atoms with Crippen molar-refractivity contribution < 1.29 is 13.2 Å². The molecule has 5 nitrogen and oxygen atoms in total. The highest BCUT2D eigenvalue weighted by atomic mass is 35.5. The highest BCUT2D eigenvalue weighted by Gasteiger charge is 2.36. The first-order valence-electron chi connectivity index (χ1n) is 9.37. The lowest BCUT2D eigenvalue weighted by Gasteiger charge is -2.29. The monoisotopic (exact) mass is 400 g/mol. The van der Waals surface area contributed by atoms with Crippen LogP contribution in [-0.4, -0.2) is 37.8 Å². The van der Waals surface area contributed by atoms with Crippen LogP contribution in [0.25, 0.3) is 0 Å². The molecule has 146 valence electrons. The van der Waals surface area contributed by atoms with Crippen molar-refractivity contribution in [2.75, 3.05) is 13.1 Å². The molecule has 1 aromatic rings. The maximum atomic E-state index is 13.2. The van der Waals surface area contributed by atoms with Crippen molar-refractivity contribution in [3.05, 3.63) is 29.3 Å². The second-order valence-electron chi connectivity index (χ2n) is 7.26. The van der Waals surface area contributed by atoms with Crippen molar-refractivity contribution in [1.29, 1.82) is 0 Å². The van der Waals surface area contributed by atoms with E-state index in [0.29, 0.717) is 30.5 Å². The highest BCUT2D eigenvalue weighted by Crippen LogP contribution is 2.24. The summed E-state index contributed by atoms with van der Waals surface area (Å²) in [6.45, 7) is 5.27. The molecule has 1 aliphatic heterocycles. The number of hydrogen-bond acceptors (Lipinski definition) is 3. The van der Waals surface area contributed by atoms with E-state index in [4.69, 9.17) is 11.6 Å². The Bertz CT molecular complexity index is 689. The quantitative estimate of drug-likeness (QED) is 0.674. The molecule has 0 aliphatic carbocycles. The first kappa shape index (κ1) is 21.2. The van der Waals surface area contributed by atoms with Gasteiger partial charge in [-0.3, -0.25) is 4.79 Å². The van der Waals surface area contributed by atoms with E-state index < -0.39 is 16.1 Å². The van der Waals surface area contributed by atoms with E-state index in [0.717, 1.165) is 32.1 Å². The standard InChI is InChI=1S/C19H29ClN2O3S/c1-15(2)7-4-6-14-22(18-8-3-5-13-21-19(18)23)26(24,25)17-11-9-16(20)10-12-17/h9-12,15,18H,3-8,13-14H2,1-2H3,(H,21,23)/t18-/m1/s1. The largest absolute Gasteiger partial charge is 0.355 e. The Balaban J connectivity index is 2.25. The Hall–Kier alpha value is -1.11. The Morgan fingerprint density at radius 2 is 1.88 bits per heavy atom. The van der Waals surface area contributed by atoms with Gasteiger partial charge in [-0.25, -0.2) is 8.42 Å². The lowest BCUT2D eigenvalue weighted by Crippen LogP contribution is -2.49. The van der Waals surface area contributed by atoms with Crippen molar-refractivity contribution in [2.24, 2.45) is 5.92 Å². The van der Waals surface area contributed by atoms with Crippen LogP contribution in [0.1, 0.15) is 52.4 Å². The summed E-state index contributed by atoms with van der Waals surface area (Å²) >= 11 is 5.89. The number of nitrogens with zero attached hydrogens (tertiary/aromatic N) is 1. The zero-order valence-electron chi connectivity index (χ0n) is 15.6. The molecule has 7 heteroatoms. The zero-order valence-corrected chi connectivity index (χ0v) is 17.2. The minimum Gasteiger partial charge on any atom is -0.355 e. The molecule has 1 aliphatic rings.